The maximum atomic E-state index is 5.09. The Morgan fingerprint density at radius 2 is 1.37 bits per heavy atom. The van der Waals surface area contributed by atoms with Crippen molar-refractivity contribution in [3.8, 4) is 21.7 Å². The lowest BCUT2D eigenvalue weighted by molar-refractivity contribution is 1.48. The molecule has 0 unspecified atom stereocenters. The van der Waals surface area contributed by atoms with E-state index in [0.29, 0.717) is 0 Å². The second-order valence-corrected chi connectivity index (χ2v) is 8.79. The molecule has 0 aliphatic heterocycles. The van der Waals surface area contributed by atoms with Crippen molar-refractivity contribution in [1.29, 1.82) is 0 Å². The van der Waals surface area contributed by atoms with Gasteiger partial charge in [-0.1, -0.05) is 90.5 Å². The van der Waals surface area contributed by atoms with Gasteiger partial charge in [0.1, 0.15) is 5.01 Å². The van der Waals surface area contributed by atoms with E-state index in [2.05, 4.69) is 104 Å². The molecule has 0 bridgehead atoms. The molecule has 142 valence electrons. The largest absolute Gasteiger partial charge is 0.235 e. The molecular formula is C28H19NS. The number of hydrogen-bond acceptors (Lipinski definition) is 2. The first-order valence-electron chi connectivity index (χ1n) is 10.1. The first kappa shape index (κ1) is 17.4. The van der Waals surface area contributed by atoms with Gasteiger partial charge >= 0.3 is 0 Å². The monoisotopic (exact) mass is 401 g/mol. The summed E-state index contributed by atoms with van der Waals surface area (Å²) in [5.41, 5.74) is 6.00. The van der Waals surface area contributed by atoms with Gasteiger partial charge in [-0.15, -0.1) is 11.3 Å². The van der Waals surface area contributed by atoms with Gasteiger partial charge in [0.05, 0.1) is 10.2 Å². The maximum Gasteiger partial charge on any atom is 0.124 e. The molecule has 1 nitrogen and oxygen atoms in total. The van der Waals surface area contributed by atoms with Crippen LogP contribution in [0.1, 0.15) is 5.56 Å². The molecule has 6 aromatic rings. The molecule has 0 saturated carbocycles. The number of rotatable bonds is 2. The summed E-state index contributed by atoms with van der Waals surface area (Å²) in [6.45, 7) is 2.15. The Balaban J connectivity index is 1.54. The fraction of sp³-hybridized carbons (Fsp3) is 0.0357. The van der Waals surface area contributed by atoms with E-state index < -0.39 is 0 Å². The van der Waals surface area contributed by atoms with Crippen molar-refractivity contribution in [2.75, 3.05) is 0 Å². The Hall–Kier alpha value is -3.49. The molecule has 0 amide bonds. The van der Waals surface area contributed by atoms with Crippen molar-refractivity contribution in [1.82, 2.24) is 4.98 Å². The van der Waals surface area contributed by atoms with E-state index in [0.717, 1.165) is 10.5 Å². The molecule has 0 atom stereocenters. The zero-order valence-corrected chi connectivity index (χ0v) is 17.4. The molecule has 0 aliphatic carbocycles. The SMILES string of the molecule is Cc1ccc2ccc3c(ccc4sc(-c5cccc(-c6ccccc6)c5)nc43)c2c1. The summed E-state index contributed by atoms with van der Waals surface area (Å²) in [6.07, 6.45) is 0. The minimum Gasteiger partial charge on any atom is -0.235 e. The van der Waals surface area contributed by atoms with Gasteiger partial charge in [-0.3, -0.25) is 0 Å². The number of nitrogens with zero attached hydrogens (tertiary/aromatic N) is 1. The van der Waals surface area contributed by atoms with Crippen molar-refractivity contribution in [2.24, 2.45) is 0 Å². The van der Waals surface area contributed by atoms with Crippen LogP contribution in [0.25, 0.3) is 53.5 Å². The molecule has 0 fully saturated rings. The van der Waals surface area contributed by atoms with Crippen LogP contribution in [0, 0.1) is 6.92 Å². The molecule has 5 aromatic carbocycles. The van der Waals surface area contributed by atoms with Crippen molar-refractivity contribution < 1.29 is 0 Å². The fourth-order valence-electron chi connectivity index (χ4n) is 4.23. The summed E-state index contributed by atoms with van der Waals surface area (Å²) in [6, 6.07) is 34.8. The lowest BCUT2D eigenvalue weighted by Crippen LogP contribution is -1.82. The van der Waals surface area contributed by atoms with Crippen molar-refractivity contribution in [3.63, 3.8) is 0 Å². The minimum atomic E-state index is 1.07. The summed E-state index contributed by atoms with van der Waals surface area (Å²) in [5, 5.41) is 6.15. The second kappa shape index (κ2) is 6.79. The third-order valence-electron chi connectivity index (χ3n) is 5.75. The number of thiazole rings is 1. The average Bonchev–Trinajstić information content (AvgIpc) is 3.24. The molecule has 0 N–H and O–H groups in total. The molecule has 0 spiro atoms. The highest BCUT2D eigenvalue weighted by molar-refractivity contribution is 7.21. The van der Waals surface area contributed by atoms with Gasteiger partial charge in [-0.05, 0) is 46.3 Å². The van der Waals surface area contributed by atoms with Gasteiger partial charge in [0.2, 0.25) is 0 Å². The fourth-order valence-corrected chi connectivity index (χ4v) is 5.20. The first-order valence-corrected chi connectivity index (χ1v) is 11.0. The molecule has 0 aliphatic rings. The minimum absolute atomic E-state index is 1.07. The summed E-state index contributed by atoms with van der Waals surface area (Å²) >= 11 is 1.77. The number of hydrogen-bond donors (Lipinski definition) is 0. The molecule has 30 heavy (non-hydrogen) atoms. The molecule has 1 heterocycles. The average molecular weight is 402 g/mol. The van der Waals surface area contributed by atoms with E-state index in [9.17, 15) is 0 Å². The Kier molecular flexibility index (Phi) is 3.93. The first-order chi connectivity index (χ1) is 14.8. The van der Waals surface area contributed by atoms with Gasteiger partial charge in [0.15, 0.2) is 0 Å². The smallest absolute Gasteiger partial charge is 0.124 e. The summed E-state index contributed by atoms with van der Waals surface area (Å²) in [7, 11) is 0. The van der Waals surface area contributed by atoms with Crippen LogP contribution >= 0.6 is 11.3 Å². The highest BCUT2D eigenvalue weighted by atomic mass is 32.1. The van der Waals surface area contributed by atoms with Gasteiger partial charge < -0.3 is 0 Å². The van der Waals surface area contributed by atoms with Crippen LogP contribution in [-0.2, 0) is 0 Å². The Morgan fingerprint density at radius 3 is 2.27 bits per heavy atom. The van der Waals surface area contributed by atoms with Crippen molar-refractivity contribution in [3.05, 3.63) is 103 Å². The lowest BCUT2D eigenvalue weighted by atomic mass is 10.00. The number of aryl methyl sites for hydroxylation is 1. The van der Waals surface area contributed by atoms with Crippen LogP contribution in [0.5, 0.6) is 0 Å². The van der Waals surface area contributed by atoms with Crippen molar-refractivity contribution in [2.45, 2.75) is 6.92 Å². The summed E-state index contributed by atoms with van der Waals surface area (Å²) < 4.78 is 1.23. The van der Waals surface area contributed by atoms with E-state index in [4.69, 9.17) is 4.98 Å². The van der Waals surface area contributed by atoms with Crippen LogP contribution in [0.15, 0.2) is 97.1 Å². The predicted molar refractivity (Wildman–Crippen MR) is 130 cm³/mol. The molecule has 2 heteroatoms. The molecular weight excluding hydrogens is 382 g/mol. The van der Waals surface area contributed by atoms with Gasteiger partial charge in [0.25, 0.3) is 0 Å². The number of aromatic nitrogens is 1. The van der Waals surface area contributed by atoms with Crippen LogP contribution in [0.2, 0.25) is 0 Å². The number of fused-ring (bicyclic) bond motifs is 5. The molecule has 0 radical (unpaired) electrons. The van der Waals surface area contributed by atoms with Gasteiger partial charge in [0, 0.05) is 10.9 Å². The Bertz CT molecular complexity index is 1540. The van der Waals surface area contributed by atoms with Crippen LogP contribution in [-0.4, -0.2) is 4.98 Å². The van der Waals surface area contributed by atoms with Gasteiger partial charge in [-0.2, -0.15) is 0 Å². The quantitative estimate of drug-likeness (QED) is 0.266. The van der Waals surface area contributed by atoms with Gasteiger partial charge in [-0.25, -0.2) is 4.98 Å². The molecule has 0 saturated heterocycles. The second-order valence-electron chi connectivity index (χ2n) is 7.76. The summed E-state index contributed by atoms with van der Waals surface area (Å²) in [4.78, 5) is 5.09. The normalized spacial score (nSPS) is 11.5. The topological polar surface area (TPSA) is 12.9 Å². The summed E-state index contributed by atoms with van der Waals surface area (Å²) in [5.74, 6) is 0. The molecule has 1 aromatic heterocycles. The zero-order valence-electron chi connectivity index (χ0n) is 16.6. The van der Waals surface area contributed by atoms with Crippen LogP contribution < -0.4 is 0 Å². The van der Waals surface area contributed by atoms with E-state index in [1.54, 1.807) is 11.3 Å². The van der Waals surface area contributed by atoms with E-state index in [1.165, 1.54) is 48.5 Å². The third-order valence-corrected chi connectivity index (χ3v) is 6.81. The predicted octanol–water partition coefficient (Wildman–Crippen LogP) is 8.25. The highest BCUT2D eigenvalue weighted by Gasteiger charge is 2.12. The van der Waals surface area contributed by atoms with Crippen LogP contribution in [0.3, 0.4) is 0 Å². The third kappa shape index (κ3) is 2.80. The van der Waals surface area contributed by atoms with E-state index in [1.807, 2.05) is 0 Å². The van der Waals surface area contributed by atoms with Crippen molar-refractivity contribution >= 4 is 43.1 Å². The number of benzene rings is 5. The Morgan fingerprint density at radius 1 is 0.600 bits per heavy atom. The van der Waals surface area contributed by atoms with Crippen LogP contribution in [0.4, 0.5) is 0 Å². The van der Waals surface area contributed by atoms with E-state index in [-0.39, 0.29) is 0 Å². The van der Waals surface area contributed by atoms with E-state index >= 15 is 0 Å². The highest BCUT2D eigenvalue weighted by Crippen LogP contribution is 2.37. The lowest BCUT2D eigenvalue weighted by Gasteiger charge is -2.05. The maximum absolute atomic E-state index is 5.09. The Labute approximate surface area is 179 Å². The standard InChI is InChI=1S/C28H19NS/c1-18-10-11-20-12-13-24-23(25(20)16-18)14-15-26-27(24)29-28(30-26)22-9-5-8-21(17-22)19-6-3-2-4-7-19/h2-17H,1H3. The molecule has 6 rings (SSSR count). The zero-order chi connectivity index (χ0) is 20.1.